The predicted molar refractivity (Wildman–Crippen MR) is 52.6 cm³/mol. The number of carbonyl (C=O) groups is 1. The summed E-state index contributed by atoms with van der Waals surface area (Å²) in [6, 6.07) is 0. The average Bonchev–Trinajstić information content (AvgIpc) is 2.46. The Balaban J connectivity index is 3.11. The van der Waals surface area contributed by atoms with Crippen LogP contribution in [0, 0.1) is 6.92 Å². The van der Waals surface area contributed by atoms with Crippen LogP contribution in [0.2, 0.25) is 0 Å². The highest BCUT2D eigenvalue weighted by Crippen LogP contribution is 2.24. The molecule has 0 spiro atoms. The van der Waals surface area contributed by atoms with Crippen molar-refractivity contribution in [2.45, 2.75) is 26.7 Å². The van der Waals surface area contributed by atoms with Gasteiger partial charge in [-0.3, -0.25) is 10.2 Å². The number of nitrogen functional groups attached to an aromatic ring is 1. The van der Waals surface area contributed by atoms with E-state index in [1.54, 1.807) is 0 Å². The van der Waals surface area contributed by atoms with Crippen LogP contribution in [0.3, 0.4) is 0 Å². The molecule has 0 saturated heterocycles. The fraction of sp³-hybridized carbons (Fsp3) is 0.500. The van der Waals surface area contributed by atoms with Gasteiger partial charge in [0, 0.05) is 0 Å². The molecule has 0 aliphatic rings. The standard InChI is InChI=1S/C8H13N3OS/c1-4(2)6-7(8(12)11-9)13-5(3)10-6/h4H,9H2,1-3H3,(H,11,12). The minimum atomic E-state index is -0.255. The zero-order valence-corrected chi connectivity index (χ0v) is 8.73. The van der Waals surface area contributed by atoms with E-state index >= 15 is 0 Å². The molecule has 0 aliphatic carbocycles. The first kappa shape index (κ1) is 10.1. The van der Waals surface area contributed by atoms with Gasteiger partial charge in [-0.1, -0.05) is 13.8 Å². The van der Waals surface area contributed by atoms with Gasteiger partial charge in [0.2, 0.25) is 0 Å². The van der Waals surface area contributed by atoms with Crippen LogP contribution in [0.5, 0.6) is 0 Å². The van der Waals surface area contributed by atoms with E-state index in [1.807, 2.05) is 20.8 Å². The van der Waals surface area contributed by atoms with E-state index in [9.17, 15) is 4.79 Å². The Morgan fingerprint density at radius 3 is 2.69 bits per heavy atom. The van der Waals surface area contributed by atoms with Gasteiger partial charge in [-0.2, -0.15) is 0 Å². The lowest BCUT2D eigenvalue weighted by molar-refractivity contribution is 0.0956. The normalized spacial score (nSPS) is 10.5. The molecule has 5 heteroatoms. The minimum absolute atomic E-state index is 0.247. The van der Waals surface area contributed by atoms with E-state index in [4.69, 9.17) is 5.84 Å². The SMILES string of the molecule is Cc1nc(C(C)C)c(C(=O)NN)s1. The van der Waals surface area contributed by atoms with Crippen LogP contribution in [-0.4, -0.2) is 10.9 Å². The van der Waals surface area contributed by atoms with Gasteiger partial charge in [-0.05, 0) is 12.8 Å². The molecular formula is C8H13N3OS. The van der Waals surface area contributed by atoms with Crippen molar-refractivity contribution in [2.75, 3.05) is 0 Å². The molecule has 13 heavy (non-hydrogen) atoms. The van der Waals surface area contributed by atoms with E-state index < -0.39 is 0 Å². The Kier molecular flexibility index (Phi) is 3.00. The number of hydrogen-bond donors (Lipinski definition) is 2. The van der Waals surface area contributed by atoms with Crippen LogP contribution in [0.1, 0.15) is 40.1 Å². The van der Waals surface area contributed by atoms with Gasteiger partial charge in [-0.15, -0.1) is 11.3 Å². The number of nitrogens with one attached hydrogen (secondary N) is 1. The number of aryl methyl sites for hydroxylation is 1. The maximum atomic E-state index is 11.3. The van der Waals surface area contributed by atoms with Crippen molar-refractivity contribution in [1.82, 2.24) is 10.4 Å². The Bertz CT molecular complexity index is 319. The topological polar surface area (TPSA) is 68.0 Å². The van der Waals surface area contributed by atoms with Crippen molar-refractivity contribution in [3.05, 3.63) is 15.6 Å². The third-order valence-electron chi connectivity index (χ3n) is 1.64. The van der Waals surface area contributed by atoms with Crippen molar-refractivity contribution in [2.24, 2.45) is 5.84 Å². The number of hydrazine groups is 1. The van der Waals surface area contributed by atoms with Gasteiger partial charge in [0.25, 0.3) is 5.91 Å². The van der Waals surface area contributed by atoms with Gasteiger partial charge < -0.3 is 0 Å². The van der Waals surface area contributed by atoms with E-state index in [2.05, 4.69) is 10.4 Å². The van der Waals surface area contributed by atoms with Crippen molar-refractivity contribution in [3.8, 4) is 0 Å². The van der Waals surface area contributed by atoms with Crippen LogP contribution in [-0.2, 0) is 0 Å². The number of thiazole rings is 1. The number of carbonyl (C=O) groups excluding carboxylic acids is 1. The molecule has 0 bridgehead atoms. The lowest BCUT2D eigenvalue weighted by Crippen LogP contribution is -2.30. The maximum Gasteiger partial charge on any atom is 0.277 e. The number of hydrogen-bond acceptors (Lipinski definition) is 4. The zero-order chi connectivity index (χ0) is 10.0. The summed E-state index contributed by atoms with van der Waals surface area (Å²) in [5, 5.41) is 0.891. The van der Waals surface area contributed by atoms with Gasteiger partial charge >= 0.3 is 0 Å². The largest absolute Gasteiger partial charge is 0.289 e. The Morgan fingerprint density at radius 2 is 2.23 bits per heavy atom. The first-order chi connectivity index (χ1) is 6.06. The molecule has 72 valence electrons. The molecule has 0 saturated carbocycles. The summed E-state index contributed by atoms with van der Waals surface area (Å²) in [5.74, 6) is 5.05. The Hall–Kier alpha value is -0.940. The van der Waals surface area contributed by atoms with Crippen LogP contribution in [0.15, 0.2) is 0 Å². The fourth-order valence-electron chi connectivity index (χ4n) is 1.06. The highest BCUT2D eigenvalue weighted by Gasteiger charge is 2.17. The molecule has 1 amide bonds. The van der Waals surface area contributed by atoms with Crippen LogP contribution in [0.4, 0.5) is 0 Å². The number of aromatic nitrogens is 1. The first-order valence-electron chi connectivity index (χ1n) is 4.04. The van der Waals surface area contributed by atoms with Gasteiger partial charge in [0.15, 0.2) is 0 Å². The molecule has 4 nitrogen and oxygen atoms in total. The molecule has 1 rings (SSSR count). The second-order valence-electron chi connectivity index (χ2n) is 3.08. The summed E-state index contributed by atoms with van der Waals surface area (Å²) in [4.78, 5) is 16.2. The third kappa shape index (κ3) is 2.05. The molecule has 0 radical (unpaired) electrons. The van der Waals surface area contributed by atoms with Crippen molar-refractivity contribution in [3.63, 3.8) is 0 Å². The lowest BCUT2D eigenvalue weighted by atomic mass is 10.1. The van der Waals surface area contributed by atoms with Crippen LogP contribution >= 0.6 is 11.3 Å². The van der Waals surface area contributed by atoms with E-state index in [1.165, 1.54) is 11.3 Å². The van der Waals surface area contributed by atoms with Gasteiger partial charge in [0.1, 0.15) is 4.88 Å². The zero-order valence-electron chi connectivity index (χ0n) is 7.92. The number of nitrogens with zero attached hydrogens (tertiary/aromatic N) is 1. The number of nitrogens with two attached hydrogens (primary N) is 1. The Labute approximate surface area is 81.1 Å². The fourth-order valence-corrected chi connectivity index (χ4v) is 2.04. The van der Waals surface area contributed by atoms with E-state index in [0.29, 0.717) is 4.88 Å². The van der Waals surface area contributed by atoms with E-state index in [-0.39, 0.29) is 11.8 Å². The smallest absolute Gasteiger partial charge is 0.277 e. The predicted octanol–water partition coefficient (Wildman–Crippen LogP) is 1.18. The molecule has 0 unspecified atom stereocenters. The maximum absolute atomic E-state index is 11.3. The van der Waals surface area contributed by atoms with E-state index in [0.717, 1.165) is 10.7 Å². The van der Waals surface area contributed by atoms with Crippen LogP contribution < -0.4 is 11.3 Å². The highest BCUT2D eigenvalue weighted by atomic mass is 32.1. The monoisotopic (exact) mass is 199 g/mol. The molecule has 0 aromatic carbocycles. The number of amides is 1. The molecule has 1 heterocycles. The molecule has 1 aromatic rings. The van der Waals surface area contributed by atoms with Crippen LogP contribution in [0.25, 0.3) is 0 Å². The molecule has 0 aliphatic heterocycles. The average molecular weight is 199 g/mol. The number of rotatable bonds is 2. The minimum Gasteiger partial charge on any atom is -0.289 e. The summed E-state index contributed by atoms with van der Waals surface area (Å²) in [7, 11) is 0. The van der Waals surface area contributed by atoms with Crippen molar-refractivity contribution >= 4 is 17.2 Å². The molecule has 0 fully saturated rings. The molecular weight excluding hydrogens is 186 g/mol. The summed E-state index contributed by atoms with van der Waals surface area (Å²) < 4.78 is 0. The summed E-state index contributed by atoms with van der Waals surface area (Å²) in [5.41, 5.74) is 2.95. The second kappa shape index (κ2) is 3.85. The van der Waals surface area contributed by atoms with Gasteiger partial charge in [-0.25, -0.2) is 10.8 Å². The summed E-state index contributed by atoms with van der Waals surface area (Å²) >= 11 is 1.37. The lowest BCUT2D eigenvalue weighted by Gasteiger charge is -2.02. The third-order valence-corrected chi connectivity index (χ3v) is 2.63. The summed E-state index contributed by atoms with van der Waals surface area (Å²) in [6.07, 6.45) is 0. The second-order valence-corrected chi connectivity index (χ2v) is 4.28. The molecule has 3 N–H and O–H groups in total. The first-order valence-corrected chi connectivity index (χ1v) is 4.86. The quantitative estimate of drug-likeness (QED) is 0.427. The van der Waals surface area contributed by atoms with Gasteiger partial charge in [0.05, 0.1) is 10.7 Å². The highest BCUT2D eigenvalue weighted by molar-refractivity contribution is 7.13. The van der Waals surface area contributed by atoms with Crippen molar-refractivity contribution < 1.29 is 4.79 Å². The molecule has 1 aromatic heterocycles. The Morgan fingerprint density at radius 1 is 1.62 bits per heavy atom. The van der Waals surface area contributed by atoms with Crippen molar-refractivity contribution in [1.29, 1.82) is 0 Å². The summed E-state index contributed by atoms with van der Waals surface area (Å²) in [6.45, 7) is 5.88. The molecule has 0 atom stereocenters.